The van der Waals surface area contributed by atoms with Gasteiger partial charge in [0, 0.05) is 18.1 Å². The Morgan fingerprint density at radius 2 is 1.02 bits per heavy atom. The molecule has 0 radical (unpaired) electrons. The van der Waals surface area contributed by atoms with Crippen molar-refractivity contribution in [2.45, 2.75) is 180 Å². The molecule has 3 unspecified atom stereocenters. The van der Waals surface area contributed by atoms with Crippen molar-refractivity contribution in [1.29, 1.82) is 0 Å². The third kappa shape index (κ3) is 6.72. The van der Waals surface area contributed by atoms with Crippen molar-refractivity contribution in [3.05, 3.63) is 12.2 Å². The minimum atomic E-state index is -0.100. The monoisotopic (exact) mass is 556 g/mol. The molecule has 5 fully saturated rings. The maximum absolute atomic E-state index is 10.3. The zero-order valence-corrected chi connectivity index (χ0v) is 26.8. The number of aliphatic hydroxyl groups excluding tert-OH is 2. The van der Waals surface area contributed by atoms with Gasteiger partial charge in [-0.3, -0.25) is 4.90 Å². The van der Waals surface area contributed by atoms with E-state index in [2.05, 4.69) is 32.6 Å². The Morgan fingerprint density at radius 3 is 1.50 bits per heavy atom. The largest absolute Gasteiger partial charge is 0.393 e. The summed E-state index contributed by atoms with van der Waals surface area (Å²) >= 11 is 0. The smallest absolute Gasteiger partial charge is 0.0540 e. The highest BCUT2D eigenvalue weighted by Gasteiger charge is 2.48. The van der Waals surface area contributed by atoms with Crippen molar-refractivity contribution in [3.63, 3.8) is 0 Å². The van der Waals surface area contributed by atoms with Gasteiger partial charge in [0.15, 0.2) is 0 Å². The summed E-state index contributed by atoms with van der Waals surface area (Å²) in [5.41, 5.74) is 1.72. The van der Waals surface area contributed by atoms with Gasteiger partial charge in [-0.15, -0.1) is 0 Å². The van der Waals surface area contributed by atoms with Gasteiger partial charge in [-0.1, -0.05) is 39.8 Å². The summed E-state index contributed by atoms with van der Waals surface area (Å²) in [5.74, 6) is 4.62. The Hall–Kier alpha value is -0.380. The van der Waals surface area contributed by atoms with Crippen molar-refractivity contribution in [2.24, 2.45) is 40.9 Å². The van der Waals surface area contributed by atoms with Gasteiger partial charge in [0.25, 0.3) is 0 Å². The first-order chi connectivity index (χ1) is 19.2. The fourth-order valence-corrected chi connectivity index (χ4v) is 10.6. The molecular weight excluding hydrogens is 490 g/mol. The van der Waals surface area contributed by atoms with Crippen LogP contribution in [0.3, 0.4) is 0 Å². The van der Waals surface area contributed by atoms with Crippen molar-refractivity contribution >= 4 is 0 Å². The second kappa shape index (κ2) is 13.5. The van der Waals surface area contributed by atoms with Crippen molar-refractivity contribution in [3.8, 4) is 0 Å². The van der Waals surface area contributed by atoms with Crippen molar-refractivity contribution in [1.82, 2.24) is 4.90 Å². The maximum Gasteiger partial charge on any atom is 0.0540 e. The standard InChI is InChI=1S/C37H65NO2/c1-25-6-15-32(16-7-25)38(34-17-8-26(2)27(3)24-34)33-18-9-29(10-19-33)28(4)37(5,30-11-20-35(39)21-12-30)31-13-22-36(40)23-14-31/h25-27,29-36,39-40H,4,6-24H2,1-3,5H3. The van der Waals surface area contributed by atoms with Crippen LogP contribution < -0.4 is 0 Å². The van der Waals surface area contributed by atoms with Crippen LogP contribution in [0.5, 0.6) is 0 Å². The number of rotatable bonds is 7. The summed E-state index contributed by atoms with van der Waals surface area (Å²) < 4.78 is 0. The average molecular weight is 556 g/mol. The Balaban J connectivity index is 1.29. The fourth-order valence-electron chi connectivity index (χ4n) is 10.6. The average Bonchev–Trinajstić information content (AvgIpc) is 2.96. The summed E-state index contributed by atoms with van der Waals surface area (Å²) in [7, 11) is 0. The van der Waals surface area contributed by atoms with E-state index in [1.165, 1.54) is 70.6 Å². The van der Waals surface area contributed by atoms with Crippen LogP contribution >= 0.6 is 0 Å². The molecule has 3 atom stereocenters. The van der Waals surface area contributed by atoms with Crippen LogP contribution in [0.15, 0.2) is 12.2 Å². The quantitative estimate of drug-likeness (QED) is 0.308. The highest BCUT2D eigenvalue weighted by atomic mass is 16.3. The molecule has 5 aliphatic rings. The number of allylic oxidation sites excluding steroid dienone is 1. The lowest BCUT2D eigenvalue weighted by Gasteiger charge is -2.53. The predicted molar refractivity (Wildman–Crippen MR) is 168 cm³/mol. The molecule has 230 valence electrons. The summed E-state index contributed by atoms with van der Waals surface area (Å²) in [6.07, 6.45) is 23.6. The molecule has 5 aliphatic carbocycles. The van der Waals surface area contributed by atoms with E-state index in [0.717, 1.165) is 87.2 Å². The topological polar surface area (TPSA) is 43.7 Å². The van der Waals surface area contributed by atoms with Crippen LogP contribution in [0.2, 0.25) is 0 Å². The van der Waals surface area contributed by atoms with E-state index in [1.54, 1.807) is 5.57 Å². The second-order valence-corrected chi connectivity index (χ2v) is 16.1. The molecule has 5 saturated carbocycles. The van der Waals surface area contributed by atoms with Gasteiger partial charge < -0.3 is 10.2 Å². The molecule has 3 nitrogen and oxygen atoms in total. The molecule has 0 aliphatic heterocycles. The molecule has 40 heavy (non-hydrogen) atoms. The van der Waals surface area contributed by atoms with Gasteiger partial charge in [0.05, 0.1) is 12.2 Å². The highest BCUT2D eigenvalue weighted by Crippen LogP contribution is 2.56. The Morgan fingerprint density at radius 1 is 0.575 bits per heavy atom. The van der Waals surface area contributed by atoms with Crippen molar-refractivity contribution < 1.29 is 10.2 Å². The molecule has 0 aromatic carbocycles. The number of hydrogen-bond acceptors (Lipinski definition) is 3. The zero-order chi connectivity index (χ0) is 28.4. The first kappa shape index (κ1) is 31.1. The van der Waals surface area contributed by atoms with Gasteiger partial charge in [0.1, 0.15) is 0 Å². The third-order valence-electron chi connectivity index (χ3n) is 13.8. The normalized spacial score (nSPS) is 45.1. The SMILES string of the molecule is C=C(C1CCC(N(C2CCC(C)CC2)C2CCC(C)C(C)C2)CC1)C(C)(C1CCC(O)CC1)C1CCC(O)CC1. The van der Waals surface area contributed by atoms with E-state index < -0.39 is 0 Å². The summed E-state index contributed by atoms with van der Waals surface area (Å²) in [4.78, 5) is 3.14. The second-order valence-electron chi connectivity index (χ2n) is 16.1. The Bertz CT molecular complexity index is 771. The lowest BCUT2D eigenvalue weighted by molar-refractivity contribution is -0.0114. The molecule has 0 aromatic heterocycles. The highest BCUT2D eigenvalue weighted by molar-refractivity contribution is 5.19. The van der Waals surface area contributed by atoms with Crippen LogP contribution in [0.1, 0.15) is 150 Å². The van der Waals surface area contributed by atoms with Gasteiger partial charge >= 0.3 is 0 Å². The third-order valence-corrected chi connectivity index (χ3v) is 13.8. The van der Waals surface area contributed by atoms with E-state index in [9.17, 15) is 10.2 Å². The van der Waals surface area contributed by atoms with Crippen LogP contribution in [0.4, 0.5) is 0 Å². The Labute approximate surface area is 248 Å². The summed E-state index contributed by atoms with van der Waals surface area (Å²) in [5, 5.41) is 20.6. The minimum Gasteiger partial charge on any atom is -0.393 e. The summed E-state index contributed by atoms with van der Waals surface area (Å²) in [6, 6.07) is 2.40. The molecule has 0 bridgehead atoms. The van der Waals surface area contributed by atoms with Gasteiger partial charge in [0.2, 0.25) is 0 Å². The first-order valence-corrected chi connectivity index (χ1v) is 18.0. The van der Waals surface area contributed by atoms with Gasteiger partial charge in [-0.2, -0.15) is 0 Å². The van der Waals surface area contributed by atoms with Gasteiger partial charge in [-0.05, 0) is 163 Å². The Kier molecular flexibility index (Phi) is 10.5. The summed E-state index contributed by atoms with van der Waals surface area (Å²) in [6.45, 7) is 15.0. The molecule has 5 rings (SSSR count). The van der Waals surface area contributed by atoms with Crippen molar-refractivity contribution in [2.75, 3.05) is 0 Å². The first-order valence-electron chi connectivity index (χ1n) is 18.0. The maximum atomic E-state index is 10.3. The van der Waals surface area contributed by atoms with E-state index in [-0.39, 0.29) is 17.6 Å². The molecule has 2 N–H and O–H groups in total. The minimum absolute atomic E-state index is 0.100. The fraction of sp³-hybridized carbons (Fsp3) is 0.946. The van der Waals surface area contributed by atoms with Crippen LogP contribution in [-0.2, 0) is 0 Å². The zero-order valence-electron chi connectivity index (χ0n) is 26.8. The predicted octanol–water partition coefficient (Wildman–Crippen LogP) is 8.92. The molecule has 0 heterocycles. The number of nitrogens with zero attached hydrogens (tertiary/aromatic N) is 1. The van der Waals surface area contributed by atoms with E-state index in [1.807, 2.05) is 0 Å². The molecule has 0 aromatic rings. The van der Waals surface area contributed by atoms with E-state index >= 15 is 0 Å². The molecular formula is C37H65NO2. The lowest BCUT2D eigenvalue weighted by Crippen LogP contribution is -2.53. The van der Waals surface area contributed by atoms with Crippen LogP contribution in [-0.4, -0.2) is 45.4 Å². The van der Waals surface area contributed by atoms with E-state index in [0.29, 0.717) is 17.8 Å². The lowest BCUT2D eigenvalue weighted by atomic mass is 9.54. The molecule has 0 amide bonds. The van der Waals surface area contributed by atoms with Crippen LogP contribution in [0, 0.1) is 40.9 Å². The number of hydrogen-bond donors (Lipinski definition) is 2. The van der Waals surface area contributed by atoms with E-state index in [4.69, 9.17) is 6.58 Å². The molecule has 3 heteroatoms. The van der Waals surface area contributed by atoms with Gasteiger partial charge in [-0.25, -0.2) is 0 Å². The molecule has 0 saturated heterocycles. The number of aliphatic hydroxyl groups is 2. The molecule has 0 spiro atoms. The van der Waals surface area contributed by atoms with Crippen LogP contribution in [0.25, 0.3) is 0 Å².